The first-order valence-corrected chi connectivity index (χ1v) is 23.5. The van der Waals surface area contributed by atoms with Gasteiger partial charge in [-0.25, -0.2) is 0 Å². The van der Waals surface area contributed by atoms with Crippen LogP contribution in [0.5, 0.6) is 0 Å². The van der Waals surface area contributed by atoms with Crippen molar-refractivity contribution in [3.05, 3.63) is 105 Å². The van der Waals surface area contributed by atoms with Gasteiger partial charge in [-0.3, -0.25) is 29.0 Å². The van der Waals surface area contributed by atoms with Crippen LogP contribution in [0.25, 0.3) is 10.8 Å². The van der Waals surface area contributed by atoms with E-state index in [1.165, 1.54) is 24.3 Å². The predicted octanol–water partition coefficient (Wildman–Crippen LogP) is 9.87. The van der Waals surface area contributed by atoms with E-state index in [1.807, 2.05) is 41.5 Å². The number of amides is 4. The molecule has 0 atom stereocenters. The zero-order valence-corrected chi connectivity index (χ0v) is 33.9. The minimum Gasteiger partial charge on any atom is -0.270 e. The van der Waals surface area contributed by atoms with E-state index < -0.39 is 61.6 Å². The normalized spacial score (nSPS) is 15.1. The third-order valence-corrected chi connectivity index (χ3v) is 22.1. The zero-order chi connectivity index (χ0) is 41.1. The number of carbonyl (C=O) groups is 4. The second kappa shape index (κ2) is 15.0. The predicted molar refractivity (Wildman–Crippen MR) is 212 cm³/mol. The summed E-state index contributed by atoms with van der Waals surface area (Å²) < 4.78 is 80.5. The van der Waals surface area contributed by atoms with Crippen molar-refractivity contribution in [3.63, 3.8) is 0 Å². The maximum Gasteiger partial charge on any atom is 0.416 e. The Bertz CT molecular complexity index is 2070. The summed E-state index contributed by atoms with van der Waals surface area (Å²) in [6, 6.07) is 12.1. The Balaban J connectivity index is 1.65. The molecule has 14 heteroatoms. The number of carbonyl (C=O) groups excluding carboxylic acids is 4. The van der Waals surface area contributed by atoms with Crippen LogP contribution in [0.1, 0.15) is 105 Å². The molecular formula is C42H44F6N2O4P2+2. The van der Waals surface area contributed by atoms with E-state index in [0.29, 0.717) is 58.7 Å². The number of hydrogen-bond acceptors (Lipinski definition) is 4. The lowest BCUT2D eigenvalue weighted by atomic mass is 9.85. The highest BCUT2D eigenvalue weighted by Crippen LogP contribution is 2.61. The van der Waals surface area contributed by atoms with Crippen LogP contribution in [0.3, 0.4) is 0 Å². The highest BCUT2D eigenvalue weighted by atomic mass is 31.2. The Morgan fingerprint density at radius 1 is 0.464 bits per heavy atom. The lowest BCUT2D eigenvalue weighted by Crippen LogP contribution is -2.47. The van der Waals surface area contributed by atoms with Gasteiger partial charge in [0.1, 0.15) is 10.6 Å². The van der Waals surface area contributed by atoms with E-state index >= 15 is 0 Å². The van der Waals surface area contributed by atoms with E-state index in [1.54, 1.807) is 12.1 Å². The maximum absolute atomic E-state index is 14.9. The van der Waals surface area contributed by atoms with Gasteiger partial charge in [0.15, 0.2) is 0 Å². The number of alkyl halides is 6. The highest BCUT2D eigenvalue weighted by molar-refractivity contribution is 7.83. The number of nitrogens with zero attached hydrogens (tertiary/aromatic N) is 2. The summed E-state index contributed by atoms with van der Waals surface area (Å²) in [6.45, 7) is 11.5. The van der Waals surface area contributed by atoms with Gasteiger partial charge in [0.05, 0.1) is 83.4 Å². The molecule has 0 N–H and O–H groups in total. The van der Waals surface area contributed by atoms with Crippen molar-refractivity contribution in [1.29, 1.82) is 0 Å². The molecule has 6 nitrogen and oxygen atoms in total. The molecule has 0 fully saturated rings. The van der Waals surface area contributed by atoms with Crippen LogP contribution < -0.4 is 10.6 Å². The van der Waals surface area contributed by atoms with Crippen molar-refractivity contribution in [2.24, 2.45) is 0 Å². The second-order valence-corrected chi connectivity index (χ2v) is 23.7. The van der Waals surface area contributed by atoms with Crippen molar-refractivity contribution in [2.75, 3.05) is 37.0 Å². The van der Waals surface area contributed by atoms with Crippen molar-refractivity contribution in [2.45, 2.75) is 67.0 Å². The Morgan fingerprint density at radius 3 is 1.00 bits per heavy atom. The van der Waals surface area contributed by atoms with Gasteiger partial charge in [-0.1, -0.05) is 24.3 Å². The van der Waals surface area contributed by atoms with E-state index in [0.717, 1.165) is 34.1 Å². The molecule has 0 unspecified atom stereocenters. The molecule has 0 saturated heterocycles. The van der Waals surface area contributed by atoms with Crippen molar-refractivity contribution < 1.29 is 45.5 Å². The topological polar surface area (TPSA) is 74.8 Å². The third-order valence-electron chi connectivity index (χ3n) is 12.1. The van der Waals surface area contributed by atoms with E-state index in [9.17, 15) is 45.5 Å². The fourth-order valence-corrected chi connectivity index (χ4v) is 15.4. The largest absolute Gasteiger partial charge is 0.416 e. The molecule has 4 aromatic carbocycles. The van der Waals surface area contributed by atoms with E-state index in [4.69, 9.17) is 0 Å². The summed E-state index contributed by atoms with van der Waals surface area (Å²) in [7, 11) is -4.42. The van der Waals surface area contributed by atoms with Crippen molar-refractivity contribution >= 4 is 59.5 Å². The number of hydrogen-bond donors (Lipinski definition) is 0. The standard InChI is InChI=1S/C42H44F6N2O4P2/c1-7-55(8-2,9-3)31-21-29-34-33-30(38(52)49(39(53)35(31)33)23-25-13-17-27(18-14-25)41(43,44)45)22-32(56(10-4,11-5)12-6)36(34)40(54)50(37(29)51)24-26-15-19-28(20-16-26)42(46,47)48/h13-22H,7-12,23-24H2,1-6H3/q+2. The molecule has 0 radical (unpaired) electrons. The fraction of sp³-hybridized carbons (Fsp3) is 0.381. The van der Waals surface area contributed by atoms with E-state index in [2.05, 4.69) is 0 Å². The molecule has 2 heterocycles. The van der Waals surface area contributed by atoms with Crippen LogP contribution in [-0.2, 0) is 25.4 Å². The molecular weight excluding hydrogens is 772 g/mol. The molecule has 6 rings (SSSR count). The van der Waals surface area contributed by atoms with Gasteiger partial charge in [0.25, 0.3) is 23.6 Å². The molecule has 0 bridgehead atoms. The summed E-state index contributed by atoms with van der Waals surface area (Å²) in [4.78, 5) is 61.4. The molecule has 4 amide bonds. The number of rotatable bonds is 12. The quantitative estimate of drug-likeness (QED) is 0.0811. The molecule has 4 aromatic rings. The minimum atomic E-state index is -4.57. The van der Waals surface area contributed by atoms with Gasteiger partial charge in [-0.15, -0.1) is 0 Å². The number of imide groups is 2. The third kappa shape index (κ3) is 6.64. The van der Waals surface area contributed by atoms with Crippen LogP contribution in [-0.4, -0.2) is 70.4 Å². The van der Waals surface area contributed by atoms with Gasteiger partial charge in [0, 0.05) is 25.3 Å². The summed E-state index contributed by atoms with van der Waals surface area (Å²) in [5.74, 6) is -2.62. The Kier molecular flexibility index (Phi) is 11.1. The van der Waals surface area contributed by atoms with Gasteiger partial charge < -0.3 is 0 Å². The average molecular weight is 817 g/mol. The summed E-state index contributed by atoms with van der Waals surface area (Å²) >= 11 is 0. The smallest absolute Gasteiger partial charge is 0.270 e. The first-order valence-electron chi connectivity index (χ1n) is 18.8. The number of benzene rings is 4. The second-order valence-electron chi connectivity index (χ2n) is 14.4. The molecule has 0 spiro atoms. The van der Waals surface area contributed by atoms with Crippen LogP contribution in [0.15, 0.2) is 60.7 Å². The van der Waals surface area contributed by atoms with Gasteiger partial charge in [0.2, 0.25) is 0 Å². The SMILES string of the molecule is CC[P+](CC)(CC)c1cc2c3c(c([P+](CC)(CC)CC)cc4c3c1C(=O)N(Cc1ccc(C(F)(F)F)cc1)C4=O)C(=O)N(Cc1ccc(C(F)(F)F)cc1)C2=O. The first-order chi connectivity index (χ1) is 26.4. The molecule has 296 valence electrons. The molecule has 56 heavy (non-hydrogen) atoms. The minimum absolute atomic E-state index is 0.168. The highest BCUT2D eigenvalue weighted by Gasteiger charge is 2.51. The summed E-state index contributed by atoms with van der Waals surface area (Å²) in [6.07, 6.45) is -5.16. The Hall–Kier alpha value is -4.14. The lowest BCUT2D eigenvalue weighted by Gasteiger charge is -2.37. The van der Waals surface area contributed by atoms with E-state index in [-0.39, 0.29) is 46.1 Å². The maximum atomic E-state index is 14.9. The molecule has 0 aliphatic carbocycles. The van der Waals surface area contributed by atoms with Gasteiger partial charge in [-0.05, 0) is 89.1 Å². The molecule has 0 aromatic heterocycles. The molecule has 2 aliphatic rings. The summed E-state index contributed by atoms with van der Waals surface area (Å²) in [5, 5.41) is 1.77. The molecule has 2 aliphatic heterocycles. The first kappa shape index (κ1) is 41.5. The van der Waals surface area contributed by atoms with Crippen molar-refractivity contribution in [3.8, 4) is 0 Å². The Morgan fingerprint density at radius 2 is 0.750 bits per heavy atom. The van der Waals surface area contributed by atoms with Gasteiger partial charge >= 0.3 is 12.4 Å². The van der Waals surface area contributed by atoms with Crippen LogP contribution in [0.2, 0.25) is 0 Å². The Labute approximate surface area is 323 Å². The van der Waals surface area contributed by atoms with Crippen LogP contribution in [0, 0.1) is 0 Å². The van der Waals surface area contributed by atoms with Gasteiger partial charge in [-0.2, -0.15) is 26.3 Å². The molecule has 0 saturated carbocycles. The fourth-order valence-electron chi connectivity index (χ4n) is 8.48. The van der Waals surface area contributed by atoms with Crippen molar-refractivity contribution in [1.82, 2.24) is 9.80 Å². The monoisotopic (exact) mass is 816 g/mol. The number of halogens is 6. The summed E-state index contributed by atoms with van der Waals surface area (Å²) in [5.41, 5.74) is -0.275. The van der Waals surface area contributed by atoms with Crippen LogP contribution in [0.4, 0.5) is 26.3 Å². The lowest BCUT2D eigenvalue weighted by molar-refractivity contribution is -0.138. The average Bonchev–Trinajstić information content (AvgIpc) is 3.18. The van der Waals surface area contributed by atoms with Crippen LogP contribution >= 0.6 is 14.5 Å². The zero-order valence-electron chi connectivity index (χ0n) is 32.1.